The van der Waals surface area contributed by atoms with E-state index in [0.29, 0.717) is 25.2 Å². The third-order valence-corrected chi connectivity index (χ3v) is 8.20. The lowest BCUT2D eigenvalue weighted by Crippen LogP contribution is -2.56. The van der Waals surface area contributed by atoms with Gasteiger partial charge >= 0.3 is 5.97 Å². The summed E-state index contributed by atoms with van der Waals surface area (Å²) in [6.07, 6.45) is 0. The first-order chi connectivity index (χ1) is 17.4. The van der Waals surface area contributed by atoms with E-state index < -0.39 is 5.60 Å². The van der Waals surface area contributed by atoms with Crippen molar-refractivity contribution in [2.75, 3.05) is 13.1 Å². The van der Waals surface area contributed by atoms with Crippen LogP contribution in [-0.4, -0.2) is 34.4 Å². The second-order valence-electron chi connectivity index (χ2n) is 10.3. The van der Waals surface area contributed by atoms with Crippen molar-refractivity contribution >= 4 is 22.8 Å². The minimum absolute atomic E-state index is 0.0317. The van der Waals surface area contributed by atoms with E-state index in [4.69, 9.17) is 4.74 Å². The van der Waals surface area contributed by atoms with Gasteiger partial charge in [-0.25, -0.2) is 4.79 Å². The Kier molecular flexibility index (Phi) is 5.25. The molecule has 1 amide bonds. The molecule has 1 spiro atoms. The quantitative estimate of drug-likeness (QED) is 0.350. The lowest BCUT2D eigenvalue weighted by molar-refractivity contribution is -0.105. The lowest BCUT2D eigenvalue weighted by Gasteiger charge is -2.48. The van der Waals surface area contributed by atoms with Gasteiger partial charge in [0.2, 0.25) is 0 Å². The summed E-state index contributed by atoms with van der Waals surface area (Å²) in [6, 6.07) is 26.2. The standard InChI is InChI=1S/C31H30N2O3/c1-20-17-32(18-21(2)31(20)26-15-9-7-13-24(26)30(35)36-31)29(34)28-22(3)33(19-23-11-5-4-6-12-23)27-16-10-8-14-25(27)28/h4-16,20-21H,17-19H2,1-3H3/t20-,21+,31?. The predicted octanol–water partition coefficient (Wildman–Crippen LogP) is 5.79. The van der Waals surface area contributed by atoms with Crippen LogP contribution in [-0.2, 0) is 16.9 Å². The van der Waals surface area contributed by atoms with Crippen LogP contribution in [0.2, 0.25) is 0 Å². The third-order valence-electron chi connectivity index (χ3n) is 8.20. The Morgan fingerprint density at radius 3 is 2.31 bits per heavy atom. The number of rotatable bonds is 3. The Morgan fingerprint density at radius 2 is 1.56 bits per heavy atom. The first-order valence-electron chi connectivity index (χ1n) is 12.7. The fourth-order valence-corrected chi connectivity index (χ4v) is 6.48. The molecule has 182 valence electrons. The number of carbonyl (C=O) groups excluding carboxylic acids is 2. The number of amides is 1. The lowest BCUT2D eigenvalue weighted by atomic mass is 9.70. The van der Waals surface area contributed by atoms with Crippen LogP contribution in [0, 0.1) is 18.8 Å². The molecule has 1 unspecified atom stereocenters. The van der Waals surface area contributed by atoms with Crippen LogP contribution in [0.3, 0.4) is 0 Å². The highest BCUT2D eigenvalue weighted by molar-refractivity contribution is 6.08. The summed E-state index contributed by atoms with van der Waals surface area (Å²) in [5, 5.41) is 0.981. The minimum Gasteiger partial charge on any atom is -0.450 e. The van der Waals surface area contributed by atoms with Gasteiger partial charge in [0.15, 0.2) is 0 Å². The van der Waals surface area contributed by atoms with E-state index in [0.717, 1.165) is 27.7 Å². The van der Waals surface area contributed by atoms with Crippen LogP contribution in [0.25, 0.3) is 10.9 Å². The zero-order chi connectivity index (χ0) is 25.0. The van der Waals surface area contributed by atoms with Crippen molar-refractivity contribution in [2.45, 2.75) is 32.9 Å². The topological polar surface area (TPSA) is 51.5 Å². The molecule has 0 radical (unpaired) electrons. The summed E-state index contributed by atoms with van der Waals surface area (Å²) in [6.45, 7) is 8.01. The van der Waals surface area contributed by atoms with Crippen molar-refractivity contribution < 1.29 is 14.3 Å². The summed E-state index contributed by atoms with van der Waals surface area (Å²) >= 11 is 0. The molecule has 1 fully saturated rings. The summed E-state index contributed by atoms with van der Waals surface area (Å²) in [7, 11) is 0. The van der Waals surface area contributed by atoms with E-state index in [9.17, 15) is 9.59 Å². The van der Waals surface area contributed by atoms with Crippen LogP contribution in [0.5, 0.6) is 0 Å². The molecule has 3 aromatic carbocycles. The first-order valence-corrected chi connectivity index (χ1v) is 12.7. The number of ether oxygens (including phenoxy) is 1. The van der Waals surface area contributed by atoms with E-state index in [1.54, 1.807) is 0 Å². The zero-order valence-electron chi connectivity index (χ0n) is 20.9. The largest absolute Gasteiger partial charge is 0.450 e. The molecule has 0 bridgehead atoms. The highest BCUT2D eigenvalue weighted by Gasteiger charge is 2.56. The van der Waals surface area contributed by atoms with Crippen LogP contribution in [0.4, 0.5) is 0 Å². The molecule has 3 heterocycles. The van der Waals surface area contributed by atoms with E-state index in [1.165, 1.54) is 5.56 Å². The zero-order valence-corrected chi connectivity index (χ0v) is 20.9. The maximum Gasteiger partial charge on any atom is 0.339 e. The molecule has 3 atom stereocenters. The number of nitrogens with zero attached hydrogens (tertiary/aromatic N) is 2. The monoisotopic (exact) mass is 478 g/mol. The van der Waals surface area contributed by atoms with Gasteiger partial charge in [-0.3, -0.25) is 4.79 Å². The average Bonchev–Trinajstić information content (AvgIpc) is 3.35. The summed E-state index contributed by atoms with van der Waals surface area (Å²) < 4.78 is 8.34. The van der Waals surface area contributed by atoms with Gasteiger partial charge in [0.25, 0.3) is 5.91 Å². The second kappa shape index (κ2) is 8.37. The Labute approximate surface area is 211 Å². The maximum atomic E-state index is 14.1. The highest BCUT2D eigenvalue weighted by atomic mass is 16.6. The minimum atomic E-state index is -0.694. The predicted molar refractivity (Wildman–Crippen MR) is 140 cm³/mol. The van der Waals surface area contributed by atoms with Gasteiger partial charge in [-0.05, 0) is 24.6 Å². The smallest absolute Gasteiger partial charge is 0.339 e. The first kappa shape index (κ1) is 22.6. The van der Waals surface area contributed by atoms with Gasteiger partial charge in [-0.2, -0.15) is 0 Å². The average molecular weight is 479 g/mol. The molecular weight excluding hydrogens is 448 g/mol. The fourth-order valence-electron chi connectivity index (χ4n) is 6.48. The summed E-state index contributed by atoms with van der Waals surface area (Å²) in [5.74, 6) is -0.280. The molecule has 5 heteroatoms. The molecule has 5 nitrogen and oxygen atoms in total. The van der Waals surface area contributed by atoms with E-state index in [2.05, 4.69) is 36.6 Å². The summed E-state index contributed by atoms with van der Waals surface area (Å²) in [4.78, 5) is 28.8. The molecule has 6 rings (SSSR count). The number of benzene rings is 3. The van der Waals surface area contributed by atoms with E-state index in [1.807, 2.05) is 72.5 Å². The molecule has 0 saturated carbocycles. The second-order valence-corrected chi connectivity index (χ2v) is 10.3. The number of piperidine rings is 1. The van der Waals surface area contributed by atoms with Crippen molar-refractivity contribution in [2.24, 2.45) is 11.8 Å². The van der Waals surface area contributed by atoms with E-state index >= 15 is 0 Å². The molecule has 2 aliphatic rings. The number of para-hydroxylation sites is 1. The fraction of sp³-hybridized carbons (Fsp3) is 0.290. The van der Waals surface area contributed by atoms with Gasteiger partial charge in [-0.15, -0.1) is 0 Å². The van der Waals surface area contributed by atoms with Gasteiger partial charge in [0.1, 0.15) is 5.60 Å². The van der Waals surface area contributed by atoms with Crippen LogP contribution in [0.1, 0.15) is 51.4 Å². The Morgan fingerprint density at radius 1 is 0.917 bits per heavy atom. The number of likely N-dealkylation sites (tertiary alicyclic amines) is 1. The number of hydrogen-bond acceptors (Lipinski definition) is 3. The van der Waals surface area contributed by atoms with Crippen molar-refractivity contribution in [1.29, 1.82) is 0 Å². The van der Waals surface area contributed by atoms with Crippen molar-refractivity contribution in [1.82, 2.24) is 9.47 Å². The van der Waals surface area contributed by atoms with Gasteiger partial charge in [-0.1, -0.05) is 80.6 Å². The van der Waals surface area contributed by atoms with Gasteiger partial charge in [0.05, 0.1) is 11.1 Å². The number of aromatic nitrogens is 1. The Hall–Kier alpha value is -3.86. The van der Waals surface area contributed by atoms with Crippen LogP contribution >= 0.6 is 0 Å². The molecule has 0 N–H and O–H groups in total. The van der Waals surface area contributed by atoms with Crippen molar-refractivity contribution in [3.63, 3.8) is 0 Å². The number of hydrogen-bond donors (Lipinski definition) is 0. The maximum absolute atomic E-state index is 14.1. The van der Waals surface area contributed by atoms with Crippen molar-refractivity contribution in [3.8, 4) is 0 Å². The highest BCUT2D eigenvalue weighted by Crippen LogP contribution is 2.50. The number of fused-ring (bicyclic) bond motifs is 3. The van der Waals surface area contributed by atoms with Crippen molar-refractivity contribution in [3.05, 3.63) is 107 Å². The molecule has 0 aliphatic carbocycles. The molecule has 36 heavy (non-hydrogen) atoms. The molecule has 1 saturated heterocycles. The number of carbonyl (C=O) groups is 2. The summed E-state index contributed by atoms with van der Waals surface area (Å²) in [5.41, 5.74) is 4.91. The van der Waals surface area contributed by atoms with E-state index in [-0.39, 0.29) is 23.7 Å². The third kappa shape index (κ3) is 3.22. The molecule has 4 aromatic rings. The number of esters is 1. The normalized spacial score (nSPS) is 23.2. The van der Waals surface area contributed by atoms with Crippen LogP contribution in [0.15, 0.2) is 78.9 Å². The molecule has 2 aliphatic heterocycles. The van der Waals surface area contributed by atoms with Gasteiger partial charge in [0, 0.05) is 53.6 Å². The molecular formula is C31H30N2O3. The Bertz CT molecular complexity index is 1470. The van der Waals surface area contributed by atoms with Gasteiger partial charge < -0.3 is 14.2 Å². The van der Waals surface area contributed by atoms with Crippen LogP contribution < -0.4 is 0 Å². The SMILES string of the molecule is Cc1c(C(=O)N2C[C@@H](C)C3(OC(=O)c4ccccc43)[C@@H](C)C2)c2ccccc2n1Cc1ccccc1. The molecule has 1 aromatic heterocycles. The Balaban J connectivity index is 1.36.